The van der Waals surface area contributed by atoms with E-state index in [1.165, 1.54) is 12.1 Å². The minimum absolute atomic E-state index is 0.0202. The number of thiophene rings is 1. The van der Waals surface area contributed by atoms with E-state index in [1.54, 1.807) is 23.5 Å². The zero-order chi connectivity index (χ0) is 16.9. The van der Waals surface area contributed by atoms with Crippen LogP contribution in [0.15, 0.2) is 41.8 Å². The van der Waals surface area contributed by atoms with E-state index in [1.807, 2.05) is 17.5 Å². The Bertz CT molecular complexity index is 651. The van der Waals surface area contributed by atoms with E-state index < -0.39 is 0 Å². The molecule has 3 N–H and O–H groups in total. The first-order chi connectivity index (χ1) is 11.6. The van der Waals surface area contributed by atoms with Crippen molar-refractivity contribution in [3.63, 3.8) is 0 Å². The quantitative estimate of drug-likeness (QED) is 0.874. The lowest BCUT2D eigenvalue weighted by Crippen LogP contribution is -2.45. The predicted octanol–water partition coefficient (Wildman–Crippen LogP) is 2.52. The molecule has 6 heteroatoms. The zero-order valence-electron chi connectivity index (χ0n) is 13.5. The van der Waals surface area contributed by atoms with Gasteiger partial charge < -0.3 is 11.1 Å². The molecular weight excluding hydrogens is 325 g/mol. The van der Waals surface area contributed by atoms with E-state index in [0.717, 1.165) is 36.4 Å². The number of hydrogen-bond donors (Lipinski definition) is 2. The molecule has 0 radical (unpaired) electrons. The zero-order valence-corrected chi connectivity index (χ0v) is 14.3. The second-order valence-electron chi connectivity index (χ2n) is 6.18. The summed E-state index contributed by atoms with van der Waals surface area (Å²) in [6.45, 7) is 2.08. The Hall–Kier alpha value is -1.76. The molecule has 1 aromatic heterocycles. The molecule has 1 saturated heterocycles. The Balaban J connectivity index is 1.68. The number of nitrogens with one attached hydrogen (secondary N) is 1. The fraction of sp³-hybridized carbons (Fsp3) is 0.389. The highest BCUT2D eigenvalue weighted by Gasteiger charge is 2.22. The predicted molar refractivity (Wildman–Crippen MR) is 94.4 cm³/mol. The van der Waals surface area contributed by atoms with Crippen molar-refractivity contribution in [1.29, 1.82) is 0 Å². The molecule has 1 fully saturated rings. The Labute approximate surface area is 145 Å². The van der Waals surface area contributed by atoms with Gasteiger partial charge in [-0.1, -0.05) is 18.2 Å². The fourth-order valence-electron chi connectivity index (χ4n) is 2.95. The van der Waals surface area contributed by atoms with Crippen LogP contribution in [0.2, 0.25) is 0 Å². The summed E-state index contributed by atoms with van der Waals surface area (Å²) in [5.41, 5.74) is 6.79. The van der Waals surface area contributed by atoms with Gasteiger partial charge in [-0.3, -0.25) is 9.69 Å². The number of amides is 1. The van der Waals surface area contributed by atoms with Crippen molar-refractivity contribution >= 4 is 17.2 Å². The average Bonchev–Trinajstić information content (AvgIpc) is 3.10. The van der Waals surface area contributed by atoms with Crippen molar-refractivity contribution in [2.45, 2.75) is 24.9 Å². The topological polar surface area (TPSA) is 58.4 Å². The summed E-state index contributed by atoms with van der Waals surface area (Å²) in [6.07, 6.45) is 1.86. The molecule has 24 heavy (non-hydrogen) atoms. The molecule has 2 heterocycles. The van der Waals surface area contributed by atoms with Gasteiger partial charge in [-0.05, 0) is 42.0 Å². The minimum Gasteiger partial charge on any atom is -0.343 e. The molecular formula is C18H22FN3OS. The van der Waals surface area contributed by atoms with Crippen molar-refractivity contribution in [3.05, 3.63) is 58.0 Å². The number of rotatable bonds is 5. The standard InChI is InChI=1S/C18H22FN3OS/c19-14-5-3-13(4-6-14)18(16-2-1-11-24-16)21-17(23)12-22-9-7-15(20)8-10-22/h1-6,11,15,18H,7-10,12,20H2,(H,21,23). The summed E-state index contributed by atoms with van der Waals surface area (Å²) in [4.78, 5) is 15.7. The first-order valence-corrected chi connectivity index (χ1v) is 9.06. The van der Waals surface area contributed by atoms with Crippen LogP contribution in [0.25, 0.3) is 0 Å². The third-order valence-corrected chi connectivity index (χ3v) is 5.27. The second kappa shape index (κ2) is 7.88. The summed E-state index contributed by atoms with van der Waals surface area (Å²) in [5, 5.41) is 5.07. The third-order valence-electron chi connectivity index (χ3n) is 4.34. The minimum atomic E-state index is -0.278. The van der Waals surface area contributed by atoms with Crippen molar-refractivity contribution in [3.8, 4) is 0 Å². The highest BCUT2D eigenvalue weighted by molar-refractivity contribution is 7.10. The van der Waals surface area contributed by atoms with Crippen LogP contribution in [0.5, 0.6) is 0 Å². The number of nitrogens with two attached hydrogens (primary N) is 1. The maximum atomic E-state index is 13.2. The summed E-state index contributed by atoms with van der Waals surface area (Å²) in [6, 6.07) is 10.2. The van der Waals surface area contributed by atoms with Crippen LogP contribution >= 0.6 is 11.3 Å². The van der Waals surface area contributed by atoms with Crippen LogP contribution in [-0.4, -0.2) is 36.5 Å². The molecule has 1 amide bonds. The van der Waals surface area contributed by atoms with Gasteiger partial charge in [0.2, 0.25) is 5.91 Å². The molecule has 1 aliphatic heterocycles. The highest BCUT2D eigenvalue weighted by atomic mass is 32.1. The molecule has 1 unspecified atom stereocenters. The molecule has 3 rings (SSSR count). The average molecular weight is 347 g/mol. The molecule has 0 aliphatic carbocycles. The lowest BCUT2D eigenvalue weighted by Gasteiger charge is -2.30. The number of carbonyl (C=O) groups is 1. The van der Waals surface area contributed by atoms with Gasteiger partial charge in [0, 0.05) is 24.0 Å². The van der Waals surface area contributed by atoms with Crippen LogP contribution in [0.4, 0.5) is 4.39 Å². The maximum absolute atomic E-state index is 13.2. The van der Waals surface area contributed by atoms with Crippen molar-refractivity contribution in [2.75, 3.05) is 19.6 Å². The third kappa shape index (κ3) is 4.41. The van der Waals surface area contributed by atoms with Gasteiger partial charge in [-0.15, -0.1) is 11.3 Å². The number of likely N-dealkylation sites (tertiary alicyclic amines) is 1. The number of nitrogens with zero attached hydrogens (tertiary/aromatic N) is 1. The van der Waals surface area contributed by atoms with E-state index in [4.69, 9.17) is 5.73 Å². The largest absolute Gasteiger partial charge is 0.343 e. The van der Waals surface area contributed by atoms with Gasteiger partial charge in [0.05, 0.1) is 12.6 Å². The Morgan fingerprint density at radius 2 is 2.00 bits per heavy atom. The number of halogens is 1. The second-order valence-corrected chi connectivity index (χ2v) is 7.16. The molecule has 4 nitrogen and oxygen atoms in total. The van der Waals surface area contributed by atoms with Crippen LogP contribution in [0.3, 0.4) is 0 Å². The number of hydrogen-bond acceptors (Lipinski definition) is 4. The Morgan fingerprint density at radius 1 is 1.29 bits per heavy atom. The Morgan fingerprint density at radius 3 is 2.62 bits per heavy atom. The maximum Gasteiger partial charge on any atom is 0.234 e. The molecule has 128 valence electrons. The molecule has 0 bridgehead atoms. The fourth-order valence-corrected chi connectivity index (χ4v) is 3.75. The molecule has 1 atom stereocenters. The van der Waals surface area contributed by atoms with Crippen molar-refractivity contribution in [2.24, 2.45) is 5.73 Å². The van der Waals surface area contributed by atoms with Crippen LogP contribution in [0.1, 0.15) is 29.3 Å². The van der Waals surface area contributed by atoms with E-state index >= 15 is 0 Å². The van der Waals surface area contributed by atoms with Crippen molar-refractivity contribution in [1.82, 2.24) is 10.2 Å². The molecule has 2 aromatic rings. The van der Waals surface area contributed by atoms with Gasteiger partial charge in [-0.2, -0.15) is 0 Å². The number of carbonyl (C=O) groups excluding carboxylic acids is 1. The first kappa shape index (κ1) is 17.1. The van der Waals surface area contributed by atoms with Gasteiger partial charge in [0.15, 0.2) is 0 Å². The lowest BCUT2D eigenvalue weighted by molar-refractivity contribution is -0.123. The van der Waals surface area contributed by atoms with E-state index in [0.29, 0.717) is 6.54 Å². The smallest absolute Gasteiger partial charge is 0.234 e. The first-order valence-electron chi connectivity index (χ1n) is 8.18. The number of benzene rings is 1. The summed E-state index contributed by atoms with van der Waals surface area (Å²) < 4.78 is 13.2. The van der Waals surface area contributed by atoms with Gasteiger partial charge in [0.25, 0.3) is 0 Å². The van der Waals surface area contributed by atoms with E-state index in [9.17, 15) is 9.18 Å². The van der Waals surface area contributed by atoms with Crippen molar-refractivity contribution < 1.29 is 9.18 Å². The summed E-state index contributed by atoms with van der Waals surface area (Å²) >= 11 is 1.58. The lowest BCUT2D eigenvalue weighted by atomic mass is 10.0. The monoisotopic (exact) mass is 347 g/mol. The van der Waals surface area contributed by atoms with Crippen LogP contribution in [-0.2, 0) is 4.79 Å². The molecule has 1 aliphatic rings. The van der Waals surface area contributed by atoms with E-state index in [-0.39, 0.29) is 23.8 Å². The van der Waals surface area contributed by atoms with Crippen LogP contribution < -0.4 is 11.1 Å². The highest BCUT2D eigenvalue weighted by Crippen LogP contribution is 2.26. The normalized spacial score (nSPS) is 17.6. The van der Waals surface area contributed by atoms with Crippen LogP contribution in [0, 0.1) is 5.82 Å². The van der Waals surface area contributed by atoms with Gasteiger partial charge in [-0.25, -0.2) is 4.39 Å². The summed E-state index contributed by atoms with van der Waals surface area (Å²) in [7, 11) is 0. The number of piperidine rings is 1. The Kier molecular flexibility index (Phi) is 5.60. The molecule has 0 spiro atoms. The summed E-state index contributed by atoms with van der Waals surface area (Å²) in [5.74, 6) is -0.298. The molecule has 0 saturated carbocycles. The molecule has 1 aromatic carbocycles. The van der Waals surface area contributed by atoms with E-state index in [2.05, 4.69) is 10.2 Å². The van der Waals surface area contributed by atoms with Gasteiger partial charge in [0.1, 0.15) is 5.82 Å². The van der Waals surface area contributed by atoms with Gasteiger partial charge >= 0.3 is 0 Å². The SMILES string of the molecule is NC1CCN(CC(=O)NC(c2ccc(F)cc2)c2cccs2)CC1.